The van der Waals surface area contributed by atoms with Crippen LogP contribution in [0.2, 0.25) is 0 Å². The Morgan fingerprint density at radius 3 is 2.75 bits per heavy atom. The fourth-order valence-corrected chi connectivity index (χ4v) is 2.97. The number of nitrogens with zero attached hydrogens (tertiary/aromatic N) is 3. The SMILES string of the molecule is CCc1cc(C(=O)N(CCCN)C2CCCC2)n(C)n1. The Hall–Kier alpha value is -1.36. The van der Waals surface area contributed by atoms with E-state index < -0.39 is 0 Å². The molecule has 1 amide bonds. The maximum atomic E-state index is 12.8. The number of carbonyl (C=O) groups is 1. The molecule has 1 aromatic rings. The second-order valence-corrected chi connectivity index (χ2v) is 5.58. The van der Waals surface area contributed by atoms with Gasteiger partial charge in [-0.3, -0.25) is 9.48 Å². The lowest BCUT2D eigenvalue weighted by Crippen LogP contribution is -2.41. The summed E-state index contributed by atoms with van der Waals surface area (Å²) in [6, 6.07) is 2.31. The van der Waals surface area contributed by atoms with E-state index in [-0.39, 0.29) is 5.91 Å². The van der Waals surface area contributed by atoms with Gasteiger partial charge in [0.1, 0.15) is 5.69 Å². The quantitative estimate of drug-likeness (QED) is 0.861. The van der Waals surface area contributed by atoms with Gasteiger partial charge in [-0.2, -0.15) is 5.10 Å². The molecule has 0 spiro atoms. The Bertz CT molecular complexity index is 449. The van der Waals surface area contributed by atoms with E-state index in [0.29, 0.717) is 18.3 Å². The number of carbonyl (C=O) groups excluding carboxylic acids is 1. The highest BCUT2D eigenvalue weighted by Crippen LogP contribution is 2.25. The predicted molar refractivity (Wildman–Crippen MR) is 79.5 cm³/mol. The van der Waals surface area contributed by atoms with E-state index in [0.717, 1.165) is 37.9 Å². The van der Waals surface area contributed by atoms with Gasteiger partial charge >= 0.3 is 0 Å². The first-order chi connectivity index (χ1) is 9.67. The minimum absolute atomic E-state index is 0.111. The number of rotatable bonds is 6. The molecule has 0 saturated heterocycles. The van der Waals surface area contributed by atoms with Gasteiger partial charge in [-0.05, 0) is 38.3 Å². The van der Waals surface area contributed by atoms with Crippen LogP contribution in [0.4, 0.5) is 0 Å². The highest BCUT2D eigenvalue weighted by molar-refractivity contribution is 5.93. The molecule has 0 atom stereocenters. The average molecular weight is 278 g/mol. The van der Waals surface area contributed by atoms with Crippen LogP contribution in [0.25, 0.3) is 0 Å². The van der Waals surface area contributed by atoms with Crippen LogP contribution in [0.1, 0.15) is 55.2 Å². The highest BCUT2D eigenvalue weighted by Gasteiger charge is 2.28. The van der Waals surface area contributed by atoms with Gasteiger partial charge < -0.3 is 10.6 Å². The van der Waals surface area contributed by atoms with Gasteiger partial charge in [-0.15, -0.1) is 0 Å². The van der Waals surface area contributed by atoms with Crippen LogP contribution >= 0.6 is 0 Å². The Balaban J connectivity index is 2.17. The van der Waals surface area contributed by atoms with Crippen molar-refractivity contribution in [3.8, 4) is 0 Å². The summed E-state index contributed by atoms with van der Waals surface area (Å²) in [4.78, 5) is 14.8. The van der Waals surface area contributed by atoms with Gasteiger partial charge in [0.15, 0.2) is 0 Å². The summed E-state index contributed by atoms with van der Waals surface area (Å²) in [7, 11) is 1.85. The Morgan fingerprint density at radius 2 is 2.20 bits per heavy atom. The molecular weight excluding hydrogens is 252 g/mol. The molecule has 0 bridgehead atoms. The molecule has 2 N–H and O–H groups in total. The number of amides is 1. The third kappa shape index (κ3) is 3.20. The van der Waals surface area contributed by atoms with E-state index in [2.05, 4.69) is 12.0 Å². The van der Waals surface area contributed by atoms with E-state index in [9.17, 15) is 4.79 Å². The second kappa shape index (κ2) is 6.88. The summed E-state index contributed by atoms with van der Waals surface area (Å²) in [6.07, 6.45) is 6.41. The molecule has 1 heterocycles. The molecule has 112 valence electrons. The van der Waals surface area contributed by atoms with Crippen molar-refractivity contribution >= 4 is 5.91 Å². The average Bonchev–Trinajstić information content (AvgIpc) is 3.08. The fraction of sp³-hybridized carbons (Fsp3) is 0.733. The maximum absolute atomic E-state index is 12.8. The monoisotopic (exact) mass is 278 g/mol. The lowest BCUT2D eigenvalue weighted by Gasteiger charge is -2.28. The number of hydrogen-bond donors (Lipinski definition) is 1. The lowest BCUT2D eigenvalue weighted by atomic mass is 10.1. The van der Waals surface area contributed by atoms with Crippen LogP contribution in [0.5, 0.6) is 0 Å². The van der Waals surface area contributed by atoms with Gasteiger partial charge in [-0.1, -0.05) is 19.8 Å². The van der Waals surface area contributed by atoms with Gasteiger partial charge in [0.2, 0.25) is 0 Å². The molecule has 0 unspecified atom stereocenters. The third-order valence-corrected chi connectivity index (χ3v) is 4.14. The molecule has 1 fully saturated rings. The Morgan fingerprint density at radius 1 is 1.50 bits per heavy atom. The minimum Gasteiger partial charge on any atom is -0.334 e. The first kappa shape index (κ1) is 15.0. The van der Waals surface area contributed by atoms with Gasteiger partial charge in [0.25, 0.3) is 5.91 Å². The van der Waals surface area contributed by atoms with Crippen LogP contribution in [-0.4, -0.2) is 39.7 Å². The summed E-state index contributed by atoms with van der Waals surface area (Å²) < 4.78 is 1.71. The smallest absolute Gasteiger partial charge is 0.272 e. The van der Waals surface area contributed by atoms with E-state index in [1.165, 1.54) is 12.8 Å². The van der Waals surface area contributed by atoms with Crippen molar-refractivity contribution < 1.29 is 4.79 Å². The minimum atomic E-state index is 0.111. The molecule has 1 aliphatic rings. The number of nitrogens with two attached hydrogens (primary N) is 1. The van der Waals surface area contributed by atoms with Gasteiger partial charge in [0.05, 0.1) is 5.69 Å². The van der Waals surface area contributed by atoms with E-state index in [4.69, 9.17) is 5.73 Å². The highest BCUT2D eigenvalue weighted by atomic mass is 16.2. The molecule has 0 aromatic carbocycles. The second-order valence-electron chi connectivity index (χ2n) is 5.58. The molecule has 0 aliphatic heterocycles. The molecule has 5 nitrogen and oxygen atoms in total. The van der Waals surface area contributed by atoms with Crippen LogP contribution in [-0.2, 0) is 13.5 Å². The van der Waals surface area contributed by atoms with Crippen LogP contribution in [0.3, 0.4) is 0 Å². The topological polar surface area (TPSA) is 64.2 Å². The van der Waals surface area contributed by atoms with E-state index in [1.54, 1.807) is 4.68 Å². The maximum Gasteiger partial charge on any atom is 0.272 e. The zero-order valence-corrected chi connectivity index (χ0v) is 12.6. The molecule has 2 rings (SSSR count). The van der Waals surface area contributed by atoms with Crippen molar-refractivity contribution in [2.24, 2.45) is 12.8 Å². The zero-order valence-electron chi connectivity index (χ0n) is 12.6. The lowest BCUT2D eigenvalue weighted by molar-refractivity contribution is 0.0669. The molecule has 5 heteroatoms. The fourth-order valence-electron chi connectivity index (χ4n) is 2.97. The Labute approximate surface area is 121 Å². The number of hydrogen-bond acceptors (Lipinski definition) is 3. The van der Waals surface area contributed by atoms with Gasteiger partial charge in [-0.25, -0.2) is 0 Å². The van der Waals surface area contributed by atoms with Crippen molar-refractivity contribution in [2.45, 2.75) is 51.5 Å². The summed E-state index contributed by atoms with van der Waals surface area (Å²) in [5, 5.41) is 4.38. The number of aromatic nitrogens is 2. The molecule has 20 heavy (non-hydrogen) atoms. The summed E-state index contributed by atoms with van der Waals surface area (Å²) >= 11 is 0. The largest absolute Gasteiger partial charge is 0.334 e. The molecule has 1 aromatic heterocycles. The first-order valence-electron chi connectivity index (χ1n) is 7.71. The zero-order chi connectivity index (χ0) is 14.5. The van der Waals surface area contributed by atoms with Crippen molar-refractivity contribution in [3.63, 3.8) is 0 Å². The van der Waals surface area contributed by atoms with E-state index in [1.807, 2.05) is 18.0 Å². The van der Waals surface area contributed by atoms with Crippen molar-refractivity contribution in [3.05, 3.63) is 17.5 Å². The molecule has 1 aliphatic carbocycles. The van der Waals surface area contributed by atoms with Crippen LogP contribution < -0.4 is 5.73 Å². The van der Waals surface area contributed by atoms with E-state index >= 15 is 0 Å². The van der Waals surface area contributed by atoms with Crippen LogP contribution in [0, 0.1) is 0 Å². The molecule has 0 radical (unpaired) electrons. The normalized spacial score (nSPS) is 15.8. The van der Waals surface area contributed by atoms with Gasteiger partial charge in [0, 0.05) is 19.6 Å². The molecule has 1 saturated carbocycles. The predicted octanol–water partition coefficient (Wildman–Crippen LogP) is 1.72. The summed E-state index contributed by atoms with van der Waals surface area (Å²) in [5.41, 5.74) is 7.29. The summed E-state index contributed by atoms with van der Waals surface area (Å²) in [6.45, 7) is 3.44. The standard InChI is InChI=1S/C15H26N4O/c1-3-12-11-14(18(2)17-12)15(20)19(10-6-9-16)13-7-4-5-8-13/h11,13H,3-10,16H2,1-2H3. The number of aryl methyl sites for hydroxylation is 2. The Kier molecular flexibility index (Phi) is 5.17. The third-order valence-electron chi connectivity index (χ3n) is 4.14. The van der Waals surface area contributed by atoms with Crippen LogP contribution in [0.15, 0.2) is 6.07 Å². The van der Waals surface area contributed by atoms with Crippen molar-refractivity contribution in [2.75, 3.05) is 13.1 Å². The first-order valence-corrected chi connectivity index (χ1v) is 7.71. The van der Waals surface area contributed by atoms with Crippen molar-refractivity contribution in [1.82, 2.24) is 14.7 Å². The molecular formula is C15H26N4O. The summed E-state index contributed by atoms with van der Waals surface area (Å²) in [5.74, 6) is 0.111. The van der Waals surface area contributed by atoms with Crippen molar-refractivity contribution in [1.29, 1.82) is 0 Å².